The van der Waals surface area contributed by atoms with Crippen LogP contribution in [0, 0.1) is 0 Å². The van der Waals surface area contributed by atoms with Gasteiger partial charge in [-0.25, -0.2) is 0 Å². The average Bonchev–Trinajstić information content (AvgIpc) is 2.67. The van der Waals surface area contributed by atoms with E-state index < -0.39 is 28.1 Å². The molecule has 0 fully saturated rings. The fourth-order valence-electron chi connectivity index (χ4n) is 4.16. The molecule has 24 heavy (non-hydrogen) atoms. The molecule has 0 radical (unpaired) electrons. The molecule has 1 atom stereocenters. The molecule has 6 N–H and O–H groups in total. The Kier molecular flexibility index (Phi) is 3.11. The van der Waals surface area contributed by atoms with Crippen LogP contribution in [0.5, 0.6) is 34.5 Å². The fourth-order valence-corrected chi connectivity index (χ4v) is 4.16. The lowest BCUT2D eigenvalue weighted by Gasteiger charge is -2.29. The standard InChI is InChI=1S/C18H20O6/c1-17(2)7-18(3,8-4-10(20)11(21)5-9(8)19)14-12(22)6-13(23)16(24)15(14)17/h4-6,19-24H,7H2,1-3H3. The Labute approximate surface area is 138 Å². The Bertz CT molecular complexity index is 855. The molecule has 1 unspecified atom stereocenters. The van der Waals surface area contributed by atoms with Crippen LogP contribution in [0.1, 0.15) is 43.9 Å². The second-order valence-corrected chi connectivity index (χ2v) is 7.26. The molecule has 0 heterocycles. The molecule has 0 saturated heterocycles. The largest absolute Gasteiger partial charge is 0.507 e. The number of hydrogen-bond donors (Lipinski definition) is 6. The maximum atomic E-state index is 10.4. The number of aromatic hydroxyl groups is 6. The summed E-state index contributed by atoms with van der Waals surface area (Å²) in [6, 6.07) is 3.35. The van der Waals surface area contributed by atoms with Gasteiger partial charge in [-0.15, -0.1) is 0 Å². The van der Waals surface area contributed by atoms with E-state index in [1.54, 1.807) is 6.92 Å². The van der Waals surface area contributed by atoms with Crippen LogP contribution in [0.4, 0.5) is 0 Å². The van der Waals surface area contributed by atoms with Gasteiger partial charge in [0.1, 0.15) is 11.5 Å². The number of rotatable bonds is 1. The number of benzene rings is 2. The first-order valence-corrected chi connectivity index (χ1v) is 7.53. The van der Waals surface area contributed by atoms with Gasteiger partial charge < -0.3 is 30.6 Å². The summed E-state index contributed by atoms with van der Waals surface area (Å²) in [6.07, 6.45) is 0.400. The smallest absolute Gasteiger partial charge is 0.161 e. The van der Waals surface area contributed by atoms with Gasteiger partial charge in [-0.05, 0) is 17.9 Å². The van der Waals surface area contributed by atoms with Gasteiger partial charge in [0.05, 0.1) is 0 Å². The molecular formula is C18H20O6. The van der Waals surface area contributed by atoms with E-state index in [0.29, 0.717) is 23.1 Å². The average molecular weight is 332 g/mol. The van der Waals surface area contributed by atoms with Gasteiger partial charge in [0.15, 0.2) is 23.0 Å². The molecule has 2 aromatic carbocycles. The van der Waals surface area contributed by atoms with E-state index in [0.717, 1.165) is 12.1 Å². The maximum Gasteiger partial charge on any atom is 0.161 e. The Morgan fingerprint density at radius 3 is 1.83 bits per heavy atom. The number of hydrogen-bond acceptors (Lipinski definition) is 6. The normalized spacial score (nSPS) is 21.6. The summed E-state index contributed by atoms with van der Waals surface area (Å²) in [5, 5.41) is 60.2. The molecule has 1 aliphatic rings. The quantitative estimate of drug-likeness (QED) is 0.353. The molecule has 3 rings (SSSR count). The third kappa shape index (κ3) is 1.95. The van der Waals surface area contributed by atoms with E-state index in [9.17, 15) is 30.6 Å². The summed E-state index contributed by atoms with van der Waals surface area (Å²) < 4.78 is 0. The van der Waals surface area contributed by atoms with Crippen LogP contribution in [-0.4, -0.2) is 30.6 Å². The van der Waals surface area contributed by atoms with E-state index in [4.69, 9.17) is 0 Å². The fraction of sp³-hybridized carbons (Fsp3) is 0.333. The highest BCUT2D eigenvalue weighted by Gasteiger charge is 2.51. The molecule has 1 aliphatic carbocycles. The zero-order valence-corrected chi connectivity index (χ0v) is 13.6. The first-order chi connectivity index (χ1) is 11.0. The summed E-state index contributed by atoms with van der Waals surface area (Å²) in [5.74, 6) is -2.00. The lowest BCUT2D eigenvalue weighted by Crippen LogP contribution is -2.23. The van der Waals surface area contributed by atoms with Crippen molar-refractivity contribution in [1.82, 2.24) is 0 Å². The molecule has 0 bridgehead atoms. The monoisotopic (exact) mass is 332 g/mol. The Hall–Kier alpha value is -2.76. The van der Waals surface area contributed by atoms with Crippen molar-refractivity contribution in [1.29, 1.82) is 0 Å². The number of phenolic OH excluding ortho intramolecular Hbond substituents is 6. The van der Waals surface area contributed by atoms with Crippen LogP contribution in [0.15, 0.2) is 18.2 Å². The van der Waals surface area contributed by atoms with Crippen molar-refractivity contribution in [3.8, 4) is 34.5 Å². The third-order valence-electron chi connectivity index (χ3n) is 4.97. The highest BCUT2D eigenvalue weighted by molar-refractivity contribution is 5.68. The minimum atomic E-state index is -0.941. The van der Waals surface area contributed by atoms with Crippen molar-refractivity contribution >= 4 is 0 Å². The van der Waals surface area contributed by atoms with Crippen LogP contribution in [0.3, 0.4) is 0 Å². The van der Waals surface area contributed by atoms with Gasteiger partial charge in [-0.3, -0.25) is 0 Å². The second-order valence-electron chi connectivity index (χ2n) is 7.26. The number of phenols is 6. The molecule has 128 valence electrons. The summed E-state index contributed by atoms with van der Waals surface area (Å²) in [6.45, 7) is 5.47. The van der Waals surface area contributed by atoms with Crippen LogP contribution in [-0.2, 0) is 10.8 Å². The molecule has 6 heteroatoms. The van der Waals surface area contributed by atoms with E-state index in [1.807, 2.05) is 13.8 Å². The number of fused-ring (bicyclic) bond motifs is 1. The highest BCUT2D eigenvalue weighted by Crippen LogP contribution is 2.61. The van der Waals surface area contributed by atoms with Crippen molar-refractivity contribution in [3.05, 3.63) is 34.9 Å². The van der Waals surface area contributed by atoms with E-state index in [1.165, 1.54) is 6.07 Å². The van der Waals surface area contributed by atoms with Gasteiger partial charge in [0, 0.05) is 34.2 Å². The van der Waals surface area contributed by atoms with Crippen molar-refractivity contribution in [3.63, 3.8) is 0 Å². The van der Waals surface area contributed by atoms with Gasteiger partial charge >= 0.3 is 0 Å². The molecular weight excluding hydrogens is 312 g/mol. The summed E-state index contributed by atoms with van der Waals surface area (Å²) >= 11 is 0. The Morgan fingerprint density at radius 2 is 1.21 bits per heavy atom. The van der Waals surface area contributed by atoms with E-state index in [-0.39, 0.29) is 17.2 Å². The van der Waals surface area contributed by atoms with Crippen LogP contribution >= 0.6 is 0 Å². The molecule has 6 nitrogen and oxygen atoms in total. The van der Waals surface area contributed by atoms with Crippen molar-refractivity contribution in [2.45, 2.75) is 38.0 Å². The molecule has 0 spiro atoms. The first-order valence-electron chi connectivity index (χ1n) is 7.53. The zero-order valence-electron chi connectivity index (χ0n) is 13.6. The zero-order chi connectivity index (χ0) is 18.0. The third-order valence-corrected chi connectivity index (χ3v) is 4.97. The lowest BCUT2D eigenvalue weighted by atomic mass is 9.74. The topological polar surface area (TPSA) is 121 Å². The van der Waals surface area contributed by atoms with Gasteiger partial charge in [0.2, 0.25) is 0 Å². The Balaban J connectivity index is 2.38. The molecule has 0 aliphatic heterocycles. The summed E-state index contributed by atoms with van der Waals surface area (Å²) in [5.41, 5.74) is -0.462. The van der Waals surface area contributed by atoms with Crippen LogP contribution < -0.4 is 0 Å². The van der Waals surface area contributed by atoms with Crippen molar-refractivity contribution in [2.24, 2.45) is 0 Å². The van der Waals surface area contributed by atoms with Crippen LogP contribution in [0.2, 0.25) is 0 Å². The minimum absolute atomic E-state index is 0.208. The van der Waals surface area contributed by atoms with E-state index in [2.05, 4.69) is 0 Å². The van der Waals surface area contributed by atoms with Crippen molar-refractivity contribution < 1.29 is 30.6 Å². The second kappa shape index (κ2) is 4.63. The SMILES string of the molecule is CC1(C)CC(C)(c2cc(O)c(O)cc2O)c2c(O)cc(O)c(O)c21. The Morgan fingerprint density at radius 1 is 0.667 bits per heavy atom. The van der Waals surface area contributed by atoms with Crippen LogP contribution in [0.25, 0.3) is 0 Å². The summed E-state index contributed by atoms with van der Waals surface area (Å²) in [7, 11) is 0. The lowest BCUT2D eigenvalue weighted by molar-refractivity contribution is 0.370. The highest BCUT2D eigenvalue weighted by atomic mass is 16.3. The van der Waals surface area contributed by atoms with Crippen molar-refractivity contribution in [2.75, 3.05) is 0 Å². The molecule has 2 aromatic rings. The predicted octanol–water partition coefficient (Wildman–Crippen LogP) is 2.91. The molecule has 0 aromatic heterocycles. The van der Waals surface area contributed by atoms with Gasteiger partial charge in [-0.2, -0.15) is 0 Å². The van der Waals surface area contributed by atoms with Gasteiger partial charge in [-0.1, -0.05) is 20.8 Å². The molecule has 0 amide bonds. The summed E-state index contributed by atoms with van der Waals surface area (Å²) in [4.78, 5) is 0. The maximum absolute atomic E-state index is 10.4. The minimum Gasteiger partial charge on any atom is -0.507 e. The van der Waals surface area contributed by atoms with Gasteiger partial charge in [0.25, 0.3) is 0 Å². The predicted molar refractivity (Wildman–Crippen MR) is 87.0 cm³/mol. The van der Waals surface area contributed by atoms with E-state index >= 15 is 0 Å². The first kappa shape index (κ1) is 16.1. The molecule has 0 saturated carbocycles.